The van der Waals surface area contributed by atoms with Crippen LogP contribution in [0.2, 0.25) is 0 Å². The van der Waals surface area contributed by atoms with Crippen LogP contribution in [0.1, 0.15) is 44.9 Å². The van der Waals surface area contributed by atoms with E-state index in [0.29, 0.717) is 0 Å². The molecule has 154 valence electrons. The molecule has 0 saturated carbocycles. The quantitative estimate of drug-likeness (QED) is 0.583. The van der Waals surface area contributed by atoms with Gasteiger partial charge < -0.3 is 19.9 Å². The molecule has 4 fully saturated rings. The van der Waals surface area contributed by atoms with Gasteiger partial charge in [0, 0.05) is 52.0 Å². The van der Waals surface area contributed by atoms with E-state index in [4.69, 9.17) is 4.74 Å². The second kappa shape index (κ2) is 9.10. The van der Waals surface area contributed by atoms with Crippen molar-refractivity contribution < 1.29 is 4.74 Å². The first kappa shape index (κ1) is 19.5. The number of nitrogens with one attached hydrogen (secondary N) is 1. The van der Waals surface area contributed by atoms with Gasteiger partial charge in [-0.2, -0.15) is 0 Å². The molecule has 4 saturated heterocycles. The van der Waals surface area contributed by atoms with Crippen LogP contribution in [-0.2, 0) is 4.74 Å². The minimum absolute atomic E-state index is 0.263. The molecule has 6 heteroatoms. The second-order valence-corrected chi connectivity index (χ2v) is 9.04. The van der Waals surface area contributed by atoms with Crippen LogP contribution < -0.4 is 5.32 Å². The first-order valence-electron chi connectivity index (χ1n) is 11.3. The van der Waals surface area contributed by atoms with Crippen LogP contribution in [0.5, 0.6) is 0 Å². The lowest BCUT2D eigenvalue weighted by Crippen LogP contribution is -2.58. The molecule has 4 heterocycles. The van der Waals surface area contributed by atoms with E-state index in [1.807, 2.05) is 7.05 Å². The molecule has 1 N–H and O–H groups in total. The summed E-state index contributed by atoms with van der Waals surface area (Å²) in [6.45, 7) is 11.5. The third-order valence-electron chi connectivity index (χ3n) is 7.29. The zero-order valence-corrected chi connectivity index (χ0v) is 17.3. The maximum Gasteiger partial charge on any atom is 0.193 e. The Morgan fingerprint density at radius 3 is 2.44 bits per heavy atom. The molecule has 0 aliphatic carbocycles. The Kier molecular flexibility index (Phi) is 6.56. The number of guanidine groups is 1. The molecule has 1 atom stereocenters. The van der Waals surface area contributed by atoms with Crippen molar-refractivity contribution in [1.29, 1.82) is 0 Å². The van der Waals surface area contributed by atoms with Crippen LogP contribution in [0.3, 0.4) is 0 Å². The number of aliphatic imine (C=N–C) groups is 1. The highest BCUT2D eigenvalue weighted by Crippen LogP contribution is 2.31. The molecule has 0 amide bonds. The number of hydrogen-bond donors (Lipinski definition) is 1. The van der Waals surface area contributed by atoms with Gasteiger partial charge in [0.05, 0.1) is 0 Å². The lowest BCUT2D eigenvalue weighted by molar-refractivity contribution is -0.0166. The lowest BCUT2D eigenvalue weighted by Gasteiger charge is -2.45. The summed E-state index contributed by atoms with van der Waals surface area (Å²) >= 11 is 0. The molecule has 4 rings (SSSR count). The first-order chi connectivity index (χ1) is 13.3. The van der Waals surface area contributed by atoms with Gasteiger partial charge in [0.15, 0.2) is 5.96 Å². The number of ether oxygens (including phenoxy) is 1. The second-order valence-electron chi connectivity index (χ2n) is 9.04. The molecule has 0 aromatic heterocycles. The van der Waals surface area contributed by atoms with E-state index in [2.05, 4.69) is 25.0 Å². The fourth-order valence-electron chi connectivity index (χ4n) is 5.63. The maximum atomic E-state index is 5.69. The topological polar surface area (TPSA) is 43.3 Å². The van der Waals surface area contributed by atoms with E-state index < -0.39 is 0 Å². The highest BCUT2D eigenvalue weighted by atomic mass is 16.5. The molecule has 0 spiro atoms. The third kappa shape index (κ3) is 4.60. The van der Waals surface area contributed by atoms with E-state index in [-0.39, 0.29) is 5.54 Å². The summed E-state index contributed by atoms with van der Waals surface area (Å²) in [5.74, 6) is 1.92. The van der Waals surface area contributed by atoms with Crippen molar-refractivity contribution in [2.24, 2.45) is 10.9 Å². The van der Waals surface area contributed by atoms with Crippen LogP contribution in [-0.4, -0.2) is 98.8 Å². The summed E-state index contributed by atoms with van der Waals surface area (Å²) < 4.78 is 5.69. The molecular formula is C21H39N5O. The first-order valence-corrected chi connectivity index (χ1v) is 11.3. The van der Waals surface area contributed by atoms with E-state index in [0.717, 1.165) is 57.6 Å². The summed E-state index contributed by atoms with van der Waals surface area (Å²) in [6, 6.07) is 0. The molecule has 27 heavy (non-hydrogen) atoms. The van der Waals surface area contributed by atoms with Crippen molar-refractivity contribution in [3.05, 3.63) is 0 Å². The van der Waals surface area contributed by atoms with Gasteiger partial charge in [-0.25, -0.2) is 0 Å². The van der Waals surface area contributed by atoms with E-state index in [1.165, 1.54) is 64.8 Å². The highest BCUT2D eigenvalue weighted by Gasteiger charge is 2.40. The van der Waals surface area contributed by atoms with E-state index in [9.17, 15) is 0 Å². The zero-order chi connectivity index (χ0) is 18.5. The van der Waals surface area contributed by atoms with Crippen LogP contribution >= 0.6 is 0 Å². The molecule has 4 aliphatic rings. The van der Waals surface area contributed by atoms with Crippen molar-refractivity contribution in [2.45, 2.75) is 50.5 Å². The summed E-state index contributed by atoms with van der Waals surface area (Å²) in [5.41, 5.74) is 0.263. The van der Waals surface area contributed by atoms with E-state index in [1.54, 1.807) is 0 Å². The van der Waals surface area contributed by atoms with Crippen molar-refractivity contribution in [2.75, 3.05) is 72.6 Å². The van der Waals surface area contributed by atoms with Gasteiger partial charge >= 0.3 is 0 Å². The third-order valence-corrected chi connectivity index (χ3v) is 7.29. The fraction of sp³-hybridized carbons (Fsp3) is 0.952. The fourth-order valence-corrected chi connectivity index (χ4v) is 5.63. The minimum atomic E-state index is 0.263. The number of rotatable bonds is 5. The zero-order valence-electron chi connectivity index (χ0n) is 17.3. The molecule has 0 radical (unpaired) electrons. The average Bonchev–Trinajstić information content (AvgIpc) is 3.47. The molecule has 0 aromatic carbocycles. The predicted molar refractivity (Wildman–Crippen MR) is 110 cm³/mol. The Hall–Kier alpha value is -0.850. The molecule has 0 aromatic rings. The molecule has 0 bridgehead atoms. The summed E-state index contributed by atoms with van der Waals surface area (Å²) in [5, 5.41) is 3.78. The van der Waals surface area contributed by atoms with Crippen molar-refractivity contribution in [3.8, 4) is 0 Å². The summed E-state index contributed by atoms with van der Waals surface area (Å²) in [6.07, 6.45) is 9.08. The van der Waals surface area contributed by atoms with Crippen LogP contribution in [0.15, 0.2) is 4.99 Å². The molecule has 1 unspecified atom stereocenters. The Morgan fingerprint density at radius 2 is 1.74 bits per heavy atom. The number of hydrogen-bond acceptors (Lipinski definition) is 4. The molecular weight excluding hydrogens is 338 g/mol. The van der Waals surface area contributed by atoms with Crippen LogP contribution in [0.25, 0.3) is 0 Å². The van der Waals surface area contributed by atoms with Gasteiger partial charge in [0.25, 0.3) is 0 Å². The van der Waals surface area contributed by atoms with Crippen LogP contribution in [0, 0.1) is 5.92 Å². The molecule has 6 nitrogen and oxygen atoms in total. The number of likely N-dealkylation sites (tertiary alicyclic amines) is 3. The van der Waals surface area contributed by atoms with Gasteiger partial charge in [-0.05, 0) is 77.0 Å². The van der Waals surface area contributed by atoms with Crippen molar-refractivity contribution in [1.82, 2.24) is 20.0 Å². The average molecular weight is 378 g/mol. The Morgan fingerprint density at radius 1 is 1.04 bits per heavy atom. The van der Waals surface area contributed by atoms with Gasteiger partial charge in [0.2, 0.25) is 0 Å². The predicted octanol–water partition coefficient (Wildman–Crippen LogP) is 1.62. The molecule has 4 aliphatic heterocycles. The van der Waals surface area contributed by atoms with Gasteiger partial charge in [0.1, 0.15) is 0 Å². The minimum Gasteiger partial charge on any atom is -0.381 e. The lowest BCUT2D eigenvalue weighted by atomic mass is 9.88. The smallest absolute Gasteiger partial charge is 0.193 e. The standard InChI is InChI=1S/C21H39N5O/c1-22-20(25-13-6-19(17-25)16-24-9-2-3-10-24)23-18-21(7-14-27-15-8-21)26-11-4-5-12-26/h19H,2-18H2,1H3,(H,22,23). The van der Waals surface area contributed by atoms with Crippen molar-refractivity contribution in [3.63, 3.8) is 0 Å². The van der Waals surface area contributed by atoms with Crippen LogP contribution in [0.4, 0.5) is 0 Å². The Balaban J connectivity index is 1.31. The van der Waals surface area contributed by atoms with Gasteiger partial charge in [-0.15, -0.1) is 0 Å². The van der Waals surface area contributed by atoms with E-state index >= 15 is 0 Å². The van der Waals surface area contributed by atoms with Crippen molar-refractivity contribution >= 4 is 5.96 Å². The number of nitrogens with zero attached hydrogens (tertiary/aromatic N) is 4. The SMILES string of the molecule is CN=C(NCC1(N2CCCC2)CCOCC1)N1CCC(CN2CCCC2)C1. The highest BCUT2D eigenvalue weighted by molar-refractivity contribution is 5.80. The normalized spacial score (nSPS) is 30.3. The van der Waals surface area contributed by atoms with Gasteiger partial charge in [-0.3, -0.25) is 9.89 Å². The Labute approximate surface area is 165 Å². The summed E-state index contributed by atoms with van der Waals surface area (Å²) in [4.78, 5) is 12.5. The largest absolute Gasteiger partial charge is 0.381 e. The maximum absolute atomic E-state index is 5.69. The van der Waals surface area contributed by atoms with Gasteiger partial charge in [-0.1, -0.05) is 0 Å². The monoisotopic (exact) mass is 377 g/mol. The summed E-state index contributed by atoms with van der Waals surface area (Å²) in [7, 11) is 1.95. The Bertz CT molecular complexity index is 493.